The van der Waals surface area contributed by atoms with Crippen LogP contribution in [0.4, 0.5) is 26.3 Å². The molecule has 2 aliphatic rings. The smallest absolute Gasteiger partial charge is 0.407 e. The minimum atomic E-state index is -4.54. The molecule has 0 radical (unpaired) electrons. The molecule has 4 aromatic carbocycles. The number of carboxylic acids is 1. The fraction of sp³-hybridized carbons (Fsp3) is 0.268. The van der Waals surface area contributed by atoms with Crippen LogP contribution in [0.25, 0.3) is 11.1 Å². The van der Waals surface area contributed by atoms with E-state index in [-0.39, 0.29) is 55.4 Å². The summed E-state index contributed by atoms with van der Waals surface area (Å²) >= 11 is 25.2. The summed E-state index contributed by atoms with van der Waals surface area (Å²) in [6.07, 6.45) is -9.20. The summed E-state index contributed by atoms with van der Waals surface area (Å²) in [6.45, 7) is 5.19. The van der Waals surface area contributed by atoms with Crippen LogP contribution in [0.2, 0.25) is 20.1 Å². The van der Waals surface area contributed by atoms with Crippen LogP contribution >= 0.6 is 69.9 Å². The predicted octanol–water partition coefficient (Wildman–Crippen LogP) is 14.3. The van der Waals surface area contributed by atoms with Gasteiger partial charge in [-0.05, 0) is 119 Å². The van der Waals surface area contributed by atoms with E-state index >= 15 is 0 Å². The molecule has 3 N–H and O–H groups in total. The molecule has 4 aromatic rings. The van der Waals surface area contributed by atoms with Gasteiger partial charge < -0.3 is 10.8 Å². The van der Waals surface area contributed by atoms with Crippen LogP contribution in [0.15, 0.2) is 83.6 Å². The van der Waals surface area contributed by atoms with Gasteiger partial charge in [-0.1, -0.05) is 83.7 Å². The van der Waals surface area contributed by atoms with Gasteiger partial charge in [0, 0.05) is 44.9 Å². The van der Waals surface area contributed by atoms with Crippen molar-refractivity contribution in [1.29, 1.82) is 0 Å². The van der Waals surface area contributed by atoms with Gasteiger partial charge in [-0.3, -0.25) is 4.79 Å². The second-order valence-electron chi connectivity index (χ2n) is 13.0. The van der Waals surface area contributed by atoms with E-state index in [2.05, 4.69) is 5.73 Å². The van der Waals surface area contributed by atoms with E-state index in [1.54, 1.807) is 50.4 Å². The maximum Gasteiger partial charge on any atom is 0.407 e. The number of nitrogens with two attached hydrogens (primary N) is 1. The number of halogens is 10. The number of carbonyl (C=O) groups is 2. The quantitative estimate of drug-likeness (QED) is 0.142. The molecule has 0 aromatic heterocycles. The first kappa shape index (κ1) is 46.6. The first-order valence-corrected chi connectivity index (χ1v) is 20.2. The maximum absolute atomic E-state index is 14.2. The third kappa shape index (κ3) is 10.0. The topological polar surface area (TPSA) is 80.4 Å². The van der Waals surface area contributed by atoms with E-state index < -0.39 is 27.8 Å². The van der Waals surface area contributed by atoms with Crippen molar-refractivity contribution in [3.8, 4) is 0 Å². The average molecular weight is 910 g/mol. The molecule has 0 bridgehead atoms. The van der Waals surface area contributed by atoms with Gasteiger partial charge in [0.2, 0.25) is 0 Å². The number of carbonyl (C=O) groups excluding carboxylic acids is 1. The lowest BCUT2D eigenvalue weighted by Crippen LogP contribution is -2.37. The number of benzene rings is 4. The number of carboxylic acid groups (broad SMARTS) is 1. The lowest BCUT2D eigenvalue weighted by molar-refractivity contribution is -0.161. The highest BCUT2D eigenvalue weighted by molar-refractivity contribution is 8.03. The summed E-state index contributed by atoms with van der Waals surface area (Å²) in [6, 6.07) is 17.7. The van der Waals surface area contributed by atoms with Crippen LogP contribution in [0.5, 0.6) is 0 Å². The molecule has 0 spiro atoms. The van der Waals surface area contributed by atoms with Gasteiger partial charge in [-0.25, -0.2) is 4.79 Å². The number of thioether (sulfide) groups is 2. The van der Waals surface area contributed by atoms with Crippen LogP contribution in [-0.2, 0) is 9.49 Å². The Morgan fingerprint density at radius 2 is 1.00 bits per heavy atom. The minimum Gasteiger partial charge on any atom is -0.478 e. The third-order valence-corrected chi connectivity index (χ3v) is 13.0. The summed E-state index contributed by atoms with van der Waals surface area (Å²) < 4.78 is 80.4. The second-order valence-corrected chi connectivity index (χ2v) is 17.1. The fourth-order valence-corrected chi connectivity index (χ4v) is 9.86. The Kier molecular flexibility index (Phi) is 15.1. The van der Waals surface area contributed by atoms with Crippen molar-refractivity contribution in [3.63, 3.8) is 0 Å². The second kappa shape index (κ2) is 18.4. The number of hydrogen-bond donors (Lipinski definition) is 2. The summed E-state index contributed by atoms with van der Waals surface area (Å²) in [5.41, 5.74) is 8.76. The van der Waals surface area contributed by atoms with Crippen molar-refractivity contribution >= 4 is 92.8 Å². The van der Waals surface area contributed by atoms with Crippen molar-refractivity contribution in [3.05, 3.63) is 148 Å². The molecule has 57 heavy (non-hydrogen) atoms. The standard InChI is InChI=1S/C21H17Cl2F3OS.C19H13Cl2F3O2S.CH5N/c1-3-19(27)18-5-4-13(6-12(18)2)14-10-20(28-11-14,21(24,25)26)15-7-16(22)9-17(23)8-15;1-10-4-11(2-3-16(10)17(25)26)12-8-18(27-9-12,19(22,23)24)13-5-14(20)7-15(21)6-13;1-2/h4-9,11H,3,10H2,1-2H3;2-7,9H,8H2,1H3,(H,25,26);2H2,1H3. The van der Waals surface area contributed by atoms with E-state index in [1.165, 1.54) is 61.0 Å². The zero-order valence-corrected chi connectivity index (χ0v) is 35.3. The van der Waals surface area contributed by atoms with Gasteiger partial charge in [0.25, 0.3) is 0 Å². The number of aryl methyl sites for hydroxylation is 2. The molecule has 2 atom stereocenters. The van der Waals surface area contributed by atoms with Crippen molar-refractivity contribution in [2.24, 2.45) is 5.73 Å². The van der Waals surface area contributed by atoms with Crippen LogP contribution < -0.4 is 5.73 Å². The zero-order chi connectivity index (χ0) is 42.7. The van der Waals surface area contributed by atoms with Crippen LogP contribution in [-0.4, -0.2) is 36.3 Å². The number of alkyl halides is 6. The molecule has 16 heteroatoms. The molecule has 0 amide bonds. The third-order valence-electron chi connectivity index (χ3n) is 9.30. The van der Waals surface area contributed by atoms with E-state index in [4.69, 9.17) is 51.5 Å². The largest absolute Gasteiger partial charge is 0.478 e. The Morgan fingerprint density at radius 3 is 1.30 bits per heavy atom. The SMILES string of the molecule is CCC(=O)c1ccc(C2=CSC(c3cc(Cl)cc(Cl)c3)(C(F)(F)F)C2)cc1C.CN.Cc1cc(C2=CSC(c3cc(Cl)cc(Cl)c3)(C(F)(F)F)C2)ccc1C(=O)O. The molecule has 0 fully saturated rings. The predicted molar refractivity (Wildman–Crippen MR) is 223 cm³/mol. The molecule has 0 saturated carbocycles. The van der Waals surface area contributed by atoms with E-state index in [0.29, 0.717) is 51.6 Å². The van der Waals surface area contributed by atoms with E-state index in [9.17, 15) is 35.9 Å². The molecular formula is C41H35Cl4F6NO3S2. The Morgan fingerprint density at radius 1 is 0.649 bits per heavy atom. The van der Waals surface area contributed by atoms with Crippen LogP contribution in [0.3, 0.4) is 0 Å². The van der Waals surface area contributed by atoms with Crippen molar-refractivity contribution in [2.75, 3.05) is 7.05 Å². The first-order valence-electron chi connectivity index (χ1n) is 17.0. The Bertz CT molecular complexity index is 2200. The number of allylic oxidation sites excluding steroid dienone is 2. The first-order chi connectivity index (χ1) is 26.6. The van der Waals surface area contributed by atoms with Gasteiger partial charge in [-0.15, -0.1) is 23.5 Å². The molecule has 2 unspecified atom stereocenters. The van der Waals surface area contributed by atoms with Crippen molar-refractivity contribution < 1.29 is 41.0 Å². The Hall–Kier alpha value is -3.10. The maximum atomic E-state index is 14.2. The van der Waals surface area contributed by atoms with E-state index in [1.807, 2.05) is 0 Å². The summed E-state index contributed by atoms with van der Waals surface area (Å²) in [5.74, 6) is -1.07. The molecule has 0 saturated heterocycles. The zero-order valence-electron chi connectivity index (χ0n) is 30.6. The fourth-order valence-electron chi connectivity index (χ4n) is 6.43. The van der Waals surface area contributed by atoms with Gasteiger partial charge in [-0.2, -0.15) is 26.3 Å². The summed E-state index contributed by atoms with van der Waals surface area (Å²) in [4.78, 5) is 23.1. The number of aromatic carboxylic acids is 1. The highest BCUT2D eigenvalue weighted by atomic mass is 35.5. The number of ketones is 1. The van der Waals surface area contributed by atoms with Crippen molar-refractivity contribution in [1.82, 2.24) is 0 Å². The monoisotopic (exact) mass is 907 g/mol. The summed E-state index contributed by atoms with van der Waals surface area (Å²) in [5, 5.41) is 12.7. The van der Waals surface area contributed by atoms with Crippen molar-refractivity contribution in [2.45, 2.75) is 61.9 Å². The van der Waals surface area contributed by atoms with Gasteiger partial charge in [0.15, 0.2) is 5.78 Å². The molecule has 2 aliphatic heterocycles. The number of Topliss-reactive ketones (excluding diaryl/α,β-unsaturated/α-hetero) is 1. The van der Waals surface area contributed by atoms with Crippen LogP contribution in [0.1, 0.15) is 80.3 Å². The normalized spacial score (nSPS) is 19.1. The molecule has 0 aliphatic carbocycles. The molecule has 4 nitrogen and oxygen atoms in total. The highest BCUT2D eigenvalue weighted by Gasteiger charge is 2.59. The average Bonchev–Trinajstić information content (AvgIpc) is 3.80. The number of hydrogen-bond acceptors (Lipinski definition) is 5. The van der Waals surface area contributed by atoms with Gasteiger partial charge >= 0.3 is 18.3 Å². The van der Waals surface area contributed by atoms with E-state index in [0.717, 1.165) is 17.3 Å². The lowest BCUT2D eigenvalue weighted by Gasteiger charge is -2.32. The molecule has 2 heterocycles. The van der Waals surface area contributed by atoms with Crippen LogP contribution in [0, 0.1) is 13.8 Å². The number of rotatable bonds is 7. The van der Waals surface area contributed by atoms with Gasteiger partial charge in [0.1, 0.15) is 9.49 Å². The van der Waals surface area contributed by atoms with Gasteiger partial charge in [0.05, 0.1) is 5.56 Å². The Balaban J connectivity index is 0.000000242. The molecule has 304 valence electrons. The Labute approximate surface area is 354 Å². The molecular weight excluding hydrogens is 874 g/mol. The lowest BCUT2D eigenvalue weighted by atomic mass is 9.87. The summed E-state index contributed by atoms with van der Waals surface area (Å²) in [7, 11) is 1.50. The minimum absolute atomic E-state index is 0.0111. The molecule has 6 rings (SSSR count). The highest BCUT2D eigenvalue weighted by Crippen LogP contribution is 2.61.